The van der Waals surface area contributed by atoms with E-state index in [4.69, 9.17) is 4.74 Å². The first-order valence-corrected chi connectivity index (χ1v) is 9.00. The van der Waals surface area contributed by atoms with Gasteiger partial charge < -0.3 is 9.64 Å². The maximum absolute atomic E-state index is 5.99. The lowest BCUT2D eigenvalue weighted by molar-refractivity contribution is 0.202. The molecule has 24 heavy (non-hydrogen) atoms. The van der Waals surface area contributed by atoms with Gasteiger partial charge in [0.05, 0.1) is 6.61 Å². The van der Waals surface area contributed by atoms with E-state index >= 15 is 0 Å². The highest BCUT2D eigenvalue weighted by Gasteiger charge is 2.12. The molecule has 0 aliphatic carbocycles. The highest BCUT2D eigenvalue weighted by molar-refractivity contribution is 5.56. The topological polar surface area (TPSA) is 38.3 Å². The minimum atomic E-state index is 0.710. The molecule has 1 aliphatic rings. The minimum Gasteiger partial charge on any atom is -0.477 e. The Kier molecular flexibility index (Phi) is 5.81. The second-order valence-corrected chi connectivity index (χ2v) is 6.53. The van der Waals surface area contributed by atoms with Gasteiger partial charge in [-0.15, -0.1) is 0 Å². The van der Waals surface area contributed by atoms with Crippen molar-refractivity contribution in [2.75, 3.05) is 26.2 Å². The van der Waals surface area contributed by atoms with Crippen LogP contribution in [0.25, 0.3) is 11.4 Å². The summed E-state index contributed by atoms with van der Waals surface area (Å²) in [5.74, 6) is 1.46. The maximum atomic E-state index is 5.99. The molecule has 2 aromatic rings. The molecule has 0 atom stereocenters. The van der Waals surface area contributed by atoms with Crippen LogP contribution in [0, 0.1) is 13.8 Å². The van der Waals surface area contributed by atoms with E-state index in [0.717, 1.165) is 41.5 Å². The zero-order chi connectivity index (χ0) is 16.8. The van der Waals surface area contributed by atoms with E-state index in [9.17, 15) is 0 Å². The van der Waals surface area contributed by atoms with Crippen molar-refractivity contribution in [2.45, 2.75) is 39.5 Å². The summed E-state index contributed by atoms with van der Waals surface area (Å²) < 4.78 is 5.99. The van der Waals surface area contributed by atoms with Crippen LogP contribution in [0.4, 0.5) is 0 Å². The molecule has 1 aromatic carbocycles. The lowest BCUT2D eigenvalue weighted by Gasteiger charge is -2.26. The van der Waals surface area contributed by atoms with Crippen LogP contribution in [-0.4, -0.2) is 41.1 Å². The average molecular weight is 325 g/mol. The Hall–Kier alpha value is -1.94. The fourth-order valence-electron chi connectivity index (χ4n) is 3.10. The maximum Gasteiger partial charge on any atom is 0.220 e. The summed E-state index contributed by atoms with van der Waals surface area (Å²) in [5.41, 5.74) is 3.04. The molecule has 128 valence electrons. The molecule has 2 heterocycles. The summed E-state index contributed by atoms with van der Waals surface area (Å²) in [4.78, 5) is 11.8. The minimum absolute atomic E-state index is 0.710. The van der Waals surface area contributed by atoms with E-state index in [1.165, 1.54) is 32.4 Å². The van der Waals surface area contributed by atoms with Crippen molar-refractivity contribution in [1.82, 2.24) is 14.9 Å². The zero-order valence-electron chi connectivity index (χ0n) is 14.8. The Morgan fingerprint density at radius 3 is 2.50 bits per heavy atom. The zero-order valence-corrected chi connectivity index (χ0v) is 14.8. The number of piperidine rings is 1. The summed E-state index contributed by atoms with van der Waals surface area (Å²) >= 11 is 0. The third-order valence-electron chi connectivity index (χ3n) is 4.68. The Bertz CT molecular complexity index is 651. The monoisotopic (exact) mass is 325 g/mol. The Morgan fingerprint density at radius 1 is 1.00 bits per heavy atom. The Balaban J connectivity index is 1.61. The summed E-state index contributed by atoms with van der Waals surface area (Å²) in [7, 11) is 0. The SMILES string of the molecule is Cc1nc(-c2ccccc2)nc(OCCCN2CCCCC2)c1C. The van der Waals surface area contributed by atoms with Crippen LogP contribution in [0.3, 0.4) is 0 Å². The van der Waals surface area contributed by atoms with Crippen LogP contribution >= 0.6 is 0 Å². The highest BCUT2D eigenvalue weighted by atomic mass is 16.5. The largest absolute Gasteiger partial charge is 0.477 e. The van der Waals surface area contributed by atoms with E-state index in [-0.39, 0.29) is 0 Å². The smallest absolute Gasteiger partial charge is 0.220 e. The van der Waals surface area contributed by atoms with Gasteiger partial charge in [-0.3, -0.25) is 0 Å². The van der Waals surface area contributed by atoms with Crippen molar-refractivity contribution in [1.29, 1.82) is 0 Å². The van der Waals surface area contributed by atoms with E-state index in [0.29, 0.717) is 6.61 Å². The summed E-state index contributed by atoms with van der Waals surface area (Å²) in [6.45, 7) is 8.36. The number of benzene rings is 1. The second kappa shape index (κ2) is 8.25. The number of aromatic nitrogens is 2. The lowest BCUT2D eigenvalue weighted by Crippen LogP contribution is -2.31. The third-order valence-corrected chi connectivity index (χ3v) is 4.68. The van der Waals surface area contributed by atoms with E-state index in [1.807, 2.05) is 44.2 Å². The van der Waals surface area contributed by atoms with Gasteiger partial charge in [0.1, 0.15) is 0 Å². The summed E-state index contributed by atoms with van der Waals surface area (Å²) in [6.07, 6.45) is 5.11. The van der Waals surface area contributed by atoms with Gasteiger partial charge in [-0.05, 0) is 46.2 Å². The molecule has 1 fully saturated rings. The summed E-state index contributed by atoms with van der Waals surface area (Å²) in [5, 5.41) is 0. The van der Waals surface area contributed by atoms with Gasteiger partial charge in [0.2, 0.25) is 5.88 Å². The number of hydrogen-bond acceptors (Lipinski definition) is 4. The normalized spacial score (nSPS) is 15.4. The molecule has 3 rings (SSSR count). The lowest BCUT2D eigenvalue weighted by atomic mass is 10.1. The molecule has 0 spiro atoms. The van der Waals surface area contributed by atoms with Crippen molar-refractivity contribution in [3.8, 4) is 17.3 Å². The van der Waals surface area contributed by atoms with Gasteiger partial charge in [0.25, 0.3) is 0 Å². The molecule has 4 nitrogen and oxygen atoms in total. The molecule has 4 heteroatoms. The van der Waals surface area contributed by atoms with Crippen LogP contribution in [0.2, 0.25) is 0 Å². The number of ether oxygens (including phenoxy) is 1. The van der Waals surface area contributed by atoms with Crippen molar-refractivity contribution < 1.29 is 4.74 Å². The summed E-state index contributed by atoms with van der Waals surface area (Å²) in [6, 6.07) is 10.1. The first-order valence-electron chi connectivity index (χ1n) is 9.00. The average Bonchev–Trinajstić information content (AvgIpc) is 2.63. The van der Waals surface area contributed by atoms with Crippen LogP contribution in [0.5, 0.6) is 5.88 Å². The van der Waals surface area contributed by atoms with E-state index < -0.39 is 0 Å². The van der Waals surface area contributed by atoms with Gasteiger partial charge in [0.15, 0.2) is 5.82 Å². The van der Waals surface area contributed by atoms with Gasteiger partial charge in [-0.25, -0.2) is 4.98 Å². The number of hydrogen-bond donors (Lipinski definition) is 0. The van der Waals surface area contributed by atoms with Crippen LogP contribution in [0.15, 0.2) is 30.3 Å². The Morgan fingerprint density at radius 2 is 1.75 bits per heavy atom. The van der Waals surface area contributed by atoms with Crippen molar-refractivity contribution in [2.24, 2.45) is 0 Å². The molecular weight excluding hydrogens is 298 g/mol. The van der Waals surface area contributed by atoms with Gasteiger partial charge in [0, 0.05) is 23.4 Å². The van der Waals surface area contributed by atoms with Gasteiger partial charge >= 0.3 is 0 Å². The Labute approximate surface area is 144 Å². The van der Waals surface area contributed by atoms with Gasteiger partial charge in [-0.2, -0.15) is 4.98 Å². The standard InChI is InChI=1S/C20H27N3O/c1-16-17(2)21-19(18-10-5-3-6-11-18)22-20(16)24-15-9-14-23-12-7-4-8-13-23/h3,5-6,10-11H,4,7-9,12-15H2,1-2H3. The molecule has 0 amide bonds. The van der Waals surface area contributed by atoms with Crippen molar-refractivity contribution in [3.63, 3.8) is 0 Å². The first kappa shape index (κ1) is 16.9. The molecule has 1 saturated heterocycles. The molecule has 0 bridgehead atoms. The number of likely N-dealkylation sites (tertiary alicyclic amines) is 1. The molecular formula is C20H27N3O. The molecule has 0 N–H and O–H groups in total. The predicted octanol–water partition coefficient (Wildman–Crippen LogP) is 4.02. The molecule has 0 unspecified atom stereocenters. The van der Waals surface area contributed by atoms with E-state index in [2.05, 4.69) is 14.9 Å². The highest BCUT2D eigenvalue weighted by Crippen LogP contribution is 2.23. The molecule has 0 radical (unpaired) electrons. The fourth-order valence-corrected chi connectivity index (χ4v) is 3.10. The van der Waals surface area contributed by atoms with Crippen molar-refractivity contribution in [3.05, 3.63) is 41.6 Å². The van der Waals surface area contributed by atoms with Crippen LogP contribution in [0.1, 0.15) is 36.9 Å². The van der Waals surface area contributed by atoms with Gasteiger partial charge in [-0.1, -0.05) is 36.8 Å². The first-order chi connectivity index (χ1) is 11.7. The number of rotatable bonds is 6. The molecule has 1 aromatic heterocycles. The fraction of sp³-hybridized carbons (Fsp3) is 0.500. The second-order valence-electron chi connectivity index (χ2n) is 6.53. The molecule has 0 saturated carbocycles. The quantitative estimate of drug-likeness (QED) is 0.752. The number of nitrogens with zero attached hydrogens (tertiary/aromatic N) is 3. The van der Waals surface area contributed by atoms with Crippen LogP contribution < -0.4 is 4.74 Å². The van der Waals surface area contributed by atoms with Crippen LogP contribution in [-0.2, 0) is 0 Å². The molecule has 1 aliphatic heterocycles. The van der Waals surface area contributed by atoms with Crippen molar-refractivity contribution >= 4 is 0 Å². The number of aryl methyl sites for hydroxylation is 1. The van der Waals surface area contributed by atoms with E-state index in [1.54, 1.807) is 0 Å². The predicted molar refractivity (Wildman–Crippen MR) is 97.3 cm³/mol. The third kappa shape index (κ3) is 4.32.